The Labute approximate surface area is 134 Å². The lowest BCUT2D eigenvalue weighted by Crippen LogP contribution is -2.37. The Balaban J connectivity index is 1.63. The number of thioether (sulfide) groups is 1. The summed E-state index contributed by atoms with van der Waals surface area (Å²) in [6.45, 7) is 2.50. The molecule has 1 atom stereocenters. The Hall–Kier alpha value is -0.880. The largest absolute Gasteiger partial charge is 0.342 e. The van der Waals surface area contributed by atoms with Crippen molar-refractivity contribution in [2.45, 2.75) is 31.6 Å². The van der Waals surface area contributed by atoms with Crippen molar-refractivity contribution in [3.8, 4) is 0 Å². The van der Waals surface area contributed by atoms with Gasteiger partial charge in [-0.25, -0.2) is 8.78 Å². The smallest absolute Gasteiger partial charge is 0.249 e. The van der Waals surface area contributed by atoms with E-state index in [0.29, 0.717) is 13.0 Å². The second-order valence-electron chi connectivity index (χ2n) is 6.17. The summed E-state index contributed by atoms with van der Waals surface area (Å²) in [7, 11) is 0. The summed E-state index contributed by atoms with van der Waals surface area (Å²) in [6, 6.07) is 0. The van der Waals surface area contributed by atoms with E-state index in [0.717, 1.165) is 25.3 Å². The number of nitrogens with one attached hydrogen (secondary N) is 1. The predicted molar refractivity (Wildman–Crippen MR) is 85.0 cm³/mol. The molecule has 3 aliphatic rings. The van der Waals surface area contributed by atoms with Gasteiger partial charge in [-0.3, -0.25) is 4.79 Å². The first-order chi connectivity index (χ1) is 10.6. The van der Waals surface area contributed by atoms with Gasteiger partial charge in [0.2, 0.25) is 11.8 Å². The molecule has 0 bridgehead atoms. The normalized spacial score (nSPS) is 28.8. The van der Waals surface area contributed by atoms with E-state index in [1.165, 1.54) is 10.5 Å². The highest BCUT2D eigenvalue weighted by Gasteiger charge is 2.35. The van der Waals surface area contributed by atoms with Gasteiger partial charge in [0.25, 0.3) is 0 Å². The lowest BCUT2D eigenvalue weighted by molar-refractivity contribution is -0.133. The molecule has 0 aliphatic carbocycles. The van der Waals surface area contributed by atoms with Crippen LogP contribution in [-0.4, -0.2) is 48.7 Å². The van der Waals surface area contributed by atoms with Gasteiger partial charge < -0.3 is 10.2 Å². The minimum Gasteiger partial charge on any atom is -0.342 e. The lowest BCUT2D eigenvalue weighted by atomic mass is 10.0. The van der Waals surface area contributed by atoms with Crippen LogP contribution in [0, 0.1) is 5.92 Å². The lowest BCUT2D eigenvalue weighted by Gasteiger charge is -2.23. The summed E-state index contributed by atoms with van der Waals surface area (Å²) in [5.41, 5.74) is 1.32. The number of halogens is 2. The fraction of sp³-hybridized carbons (Fsp3) is 0.688. The van der Waals surface area contributed by atoms with Crippen LogP contribution >= 0.6 is 11.8 Å². The molecule has 0 spiro atoms. The van der Waals surface area contributed by atoms with Crippen molar-refractivity contribution >= 4 is 17.7 Å². The van der Waals surface area contributed by atoms with Crippen molar-refractivity contribution in [2.75, 3.05) is 31.9 Å². The number of amides is 1. The zero-order valence-electron chi connectivity index (χ0n) is 12.6. The minimum absolute atomic E-state index is 0.0229. The summed E-state index contributed by atoms with van der Waals surface area (Å²) in [4.78, 5) is 15.4. The Kier molecular flexibility index (Phi) is 4.88. The number of likely N-dealkylation sites (tertiary alicyclic amines) is 1. The number of nitrogens with zero attached hydrogens (tertiary/aromatic N) is 1. The van der Waals surface area contributed by atoms with Gasteiger partial charge >= 0.3 is 0 Å². The zero-order valence-corrected chi connectivity index (χ0v) is 13.4. The third-order valence-electron chi connectivity index (χ3n) is 4.50. The molecule has 1 N–H and O–H groups in total. The number of rotatable bonds is 2. The van der Waals surface area contributed by atoms with Crippen molar-refractivity contribution in [1.82, 2.24) is 10.2 Å². The molecule has 3 nitrogen and oxygen atoms in total. The average Bonchev–Trinajstić information content (AvgIpc) is 2.93. The van der Waals surface area contributed by atoms with Crippen molar-refractivity contribution in [3.63, 3.8) is 0 Å². The number of carbonyl (C=O) groups excluding carboxylic acids is 1. The molecule has 1 unspecified atom stereocenters. The number of hydrogen-bond donors (Lipinski definition) is 1. The highest BCUT2D eigenvalue weighted by Crippen LogP contribution is 2.37. The topological polar surface area (TPSA) is 32.3 Å². The third kappa shape index (κ3) is 3.71. The number of hydrogen-bond acceptors (Lipinski definition) is 3. The quantitative estimate of drug-likeness (QED) is 0.846. The van der Waals surface area contributed by atoms with Crippen LogP contribution in [0.5, 0.6) is 0 Å². The van der Waals surface area contributed by atoms with E-state index in [2.05, 4.69) is 11.4 Å². The predicted octanol–water partition coefficient (Wildman–Crippen LogP) is 2.80. The average molecular weight is 328 g/mol. The van der Waals surface area contributed by atoms with Crippen LogP contribution in [0.3, 0.4) is 0 Å². The van der Waals surface area contributed by atoms with Crippen LogP contribution in [-0.2, 0) is 4.79 Å². The molecule has 1 saturated heterocycles. The van der Waals surface area contributed by atoms with E-state index >= 15 is 0 Å². The van der Waals surface area contributed by atoms with Gasteiger partial charge in [-0.2, -0.15) is 0 Å². The molecular formula is C16H22F2N2OS. The summed E-state index contributed by atoms with van der Waals surface area (Å²) in [5, 5.41) is 3.28. The molecule has 0 aromatic carbocycles. The van der Waals surface area contributed by atoms with Crippen LogP contribution in [0.15, 0.2) is 22.6 Å². The molecule has 1 fully saturated rings. The molecule has 0 aromatic heterocycles. The first kappa shape index (κ1) is 16.0. The Morgan fingerprint density at radius 2 is 2.23 bits per heavy atom. The Morgan fingerprint density at radius 1 is 1.36 bits per heavy atom. The zero-order chi connectivity index (χ0) is 15.6. The van der Waals surface area contributed by atoms with Gasteiger partial charge in [0.1, 0.15) is 0 Å². The van der Waals surface area contributed by atoms with Crippen LogP contribution in [0.25, 0.3) is 0 Å². The van der Waals surface area contributed by atoms with Gasteiger partial charge in [0.05, 0.1) is 5.92 Å². The molecule has 1 amide bonds. The molecule has 0 radical (unpaired) electrons. The first-order valence-corrected chi connectivity index (χ1v) is 8.95. The summed E-state index contributed by atoms with van der Waals surface area (Å²) < 4.78 is 26.8. The standard InChI is InChI=1S/C16H22F2N2OS/c17-16(18)4-1-8-20(9-5-16)15(21)13-10-14(22-11-13)12-2-6-19-7-3-12/h2,10,13,19H,1,3-9,11H2. The molecule has 3 heterocycles. The van der Waals surface area contributed by atoms with Crippen LogP contribution in [0.1, 0.15) is 25.7 Å². The Bertz CT molecular complexity index is 504. The molecule has 0 saturated carbocycles. The number of alkyl halides is 2. The van der Waals surface area contributed by atoms with Crippen molar-refractivity contribution in [2.24, 2.45) is 5.92 Å². The maximum absolute atomic E-state index is 13.4. The molecule has 22 heavy (non-hydrogen) atoms. The summed E-state index contributed by atoms with van der Waals surface area (Å²) in [5.74, 6) is -2.00. The van der Waals surface area contributed by atoms with E-state index in [9.17, 15) is 13.6 Å². The summed E-state index contributed by atoms with van der Waals surface area (Å²) in [6.07, 6.45) is 5.32. The van der Waals surface area contributed by atoms with Crippen molar-refractivity contribution < 1.29 is 13.6 Å². The maximum Gasteiger partial charge on any atom is 0.249 e. The van der Waals surface area contributed by atoms with Crippen LogP contribution in [0.4, 0.5) is 8.78 Å². The van der Waals surface area contributed by atoms with Gasteiger partial charge in [-0.1, -0.05) is 12.2 Å². The molecule has 0 aromatic rings. The fourth-order valence-electron chi connectivity index (χ4n) is 3.17. The second kappa shape index (κ2) is 6.71. The van der Waals surface area contributed by atoms with E-state index in [4.69, 9.17) is 0 Å². The molecular weight excluding hydrogens is 306 g/mol. The van der Waals surface area contributed by atoms with Crippen LogP contribution in [0.2, 0.25) is 0 Å². The Morgan fingerprint density at radius 3 is 3.00 bits per heavy atom. The van der Waals surface area contributed by atoms with E-state index < -0.39 is 5.92 Å². The van der Waals surface area contributed by atoms with Crippen LogP contribution < -0.4 is 5.32 Å². The van der Waals surface area contributed by atoms with Gasteiger partial charge in [0, 0.05) is 43.1 Å². The van der Waals surface area contributed by atoms with Gasteiger partial charge in [-0.15, -0.1) is 11.8 Å². The number of carbonyl (C=O) groups is 1. The first-order valence-electron chi connectivity index (χ1n) is 7.96. The van der Waals surface area contributed by atoms with Crippen molar-refractivity contribution in [3.05, 3.63) is 22.6 Å². The molecule has 3 rings (SSSR count). The molecule has 122 valence electrons. The fourth-order valence-corrected chi connectivity index (χ4v) is 4.40. The third-order valence-corrected chi connectivity index (χ3v) is 5.73. The van der Waals surface area contributed by atoms with Crippen molar-refractivity contribution in [1.29, 1.82) is 0 Å². The highest BCUT2D eigenvalue weighted by atomic mass is 32.2. The minimum atomic E-state index is -2.61. The van der Waals surface area contributed by atoms with E-state index in [1.807, 2.05) is 6.08 Å². The van der Waals surface area contributed by atoms with Gasteiger partial charge in [0.15, 0.2) is 0 Å². The van der Waals surface area contributed by atoms with Gasteiger partial charge in [-0.05, 0) is 25.0 Å². The van der Waals surface area contributed by atoms with E-state index in [1.54, 1.807) is 16.7 Å². The SMILES string of the molecule is O=C(C1C=C(C2=CCNCC2)SC1)N1CCCC(F)(F)CC1. The monoisotopic (exact) mass is 328 g/mol. The molecule has 6 heteroatoms. The maximum atomic E-state index is 13.4. The highest BCUT2D eigenvalue weighted by molar-refractivity contribution is 8.03. The molecule has 3 aliphatic heterocycles. The number of allylic oxidation sites excluding steroid dienone is 1. The second-order valence-corrected chi connectivity index (χ2v) is 7.23. The van der Waals surface area contributed by atoms with E-state index in [-0.39, 0.29) is 31.2 Å². The summed E-state index contributed by atoms with van der Waals surface area (Å²) >= 11 is 1.72.